The molecule has 8 nitrogen and oxygen atoms in total. The number of thiazole rings is 1. The molecule has 0 radical (unpaired) electrons. The number of aliphatic hydroxyl groups is 1. The number of halogens is 2. The van der Waals surface area contributed by atoms with Gasteiger partial charge in [0.1, 0.15) is 17.0 Å². The van der Waals surface area contributed by atoms with E-state index in [0.717, 1.165) is 29.2 Å². The molecule has 0 amide bonds. The Kier molecular flexibility index (Phi) is 5.58. The minimum atomic E-state index is -1.18. The lowest BCUT2D eigenvalue weighted by molar-refractivity contribution is -0.389. The van der Waals surface area contributed by atoms with Gasteiger partial charge in [0, 0.05) is 30.1 Å². The molecule has 30 heavy (non-hydrogen) atoms. The summed E-state index contributed by atoms with van der Waals surface area (Å²) in [6.07, 6.45) is 2.03. The molecule has 1 N–H and O–H groups in total. The van der Waals surface area contributed by atoms with Crippen molar-refractivity contribution in [2.45, 2.75) is 32.0 Å². The standard InChI is InChI=1S/C19H19ClFN5O3S/c1-19(27,11-25-9-16(26(28)29)23-18(25)20)10-24-7-6-15-14(8-24)22-17(30-15)12-2-4-13(21)5-3-12/h2-5,9,27H,6-8,10-11H2,1H3/t19-/m0/s1. The third-order valence-corrected chi connectivity index (χ3v) is 6.38. The van der Waals surface area contributed by atoms with Crippen molar-refractivity contribution in [1.82, 2.24) is 19.4 Å². The number of hydrogen-bond donors (Lipinski definition) is 1. The molecule has 0 aliphatic carbocycles. The lowest BCUT2D eigenvalue weighted by atomic mass is 10.0. The summed E-state index contributed by atoms with van der Waals surface area (Å²) in [6.45, 7) is 3.43. The van der Waals surface area contributed by atoms with E-state index in [2.05, 4.69) is 9.88 Å². The molecule has 3 aromatic rings. The second-order valence-corrected chi connectivity index (χ2v) is 9.03. The normalized spacial score (nSPS) is 16.3. The quantitative estimate of drug-likeness (QED) is 0.455. The average Bonchev–Trinajstić information content (AvgIpc) is 3.25. The predicted molar refractivity (Wildman–Crippen MR) is 111 cm³/mol. The fraction of sp³-hybridized carbons (Fsp3) is 0.368. The van der Waals surface area contributed by atoms with Crippen LogP contribution in [-0.2, 0) is 19.5 Å². The lowest BCUT2D eigenvalue weighted by Crippen LogP contribution is -2.45. The third kappa shape index (κ3) is 4.51. The van der Waals surface area contributed by atoms with E-state index in [4.69, 9.17) is 16.6 Å². The molecule has 0 fully saturated rings. The highest BCUT2D eigenvalue weighted by Gasteiger charge is 2.30. The fourth-order valence-corrected chi connectivity index (χ4v) is 4.84. The van der Waals surface area contributed by atoms with E-state index in [1.54, 1.807) is 30.4 Å². The second-order valence-electron chi connectivity index (χ2n) is 7.61. The van der Waals surface area contributed by atoms with Gasteiger partial charge in [0.05, 0.1) is 17.8 Å². The van der Waals surface area contributed by atoms with E-state index >= 15 is 0 Å². The summed E-state index contributed by atoms with van der Waals surface area (Å²) in [4.78, 5) is 21.9. The van der Waals surface area contributed by atoms with Crippen molar-refractivity contribution in [3.63, 3.8) is 0 Å². The minimum Gasteiger partial charge on any atom is -0.387 e. The van der Waals surface area contributed by atoms with Crippen LogP contribution >= 0.6 is 22.9 Å². The largest absolute Gasteiger partial charge is 0.387 e. The van der Waals surface area contributed by atoms with Crippen molar-refractivity contribution < 1.29 is 14.4 Å². The van der Waals surface area contributed by atoms with Gasteiger partial charge in [-0.3, -0.25) is 9.47 Å². The number of benzene rings is 1. The van der Waals surface area contributed by atoms with Crippen molar-refractivity contribution >= 4 is 28.8 Å². The van der Waals surface area contributed by atoms with Crippen LogP contribution < -0.4 is 0 Å². The topological polar surface area (TPSA) is 97.3 Å². The van der Waals surface area contributed by atoms with Crippen LogP contribution in [-0.4, -0.2) is 48.2 Å². The van der Waals surface area contributed by atoms with Gasteiger partial charge in [-0.25, -0.2) is 9.37 Å². The van der Waals surface area contributed by atoms with Crippen molar-refractivity contribution in [2.24, 2.45) is 0 Å². The molecule has 0 unspecified atom stereocenters. The van der Waals surface area contributed by atoms with Crippen LogP contribution in [0, 0.1) is 15.9 Å². The van der Waals surface area contributed by atoms with E-state index in [1.165, 1.54) is 27.8 Å². The Morgan fingerprint density at radius 3 is 2.73 bits per heavy atom. The van der Waals surface area contributed by atoms with Crippen LogP contribution in [0.15, 0.2) is 30.5 Å². The van der Waals surface area contributed by atoms with Gasteiger partial charge < -0.3 is 15.2 Å². The van der Waals surface area contributed by atoms with Crippen molar-refractivity contribution in [3.05, 3.63) is 62.2 Å². The molecule has 158 valence electrons. The highest BCUT2D eigenvalue weighted by atomic mass is 35.5. The number of aromatic nitrogens is 3. The highest BCUT2D eigenvalue weighted by molar-refractivity contribution is 7.15. The molecule has 11 heteroatoms. The first-order valence-corrected chi connectivity index (χ1v) is 10.5. The van der Waals surface area contributed by atoms with Crippen LogP contribution in [0.3, 0.4) is 0 Å². The number of nitro groups is 1. The van der Waals surface area contributed by atoms with Gasteiger partial charge in [0.25, 0.3) is 0 Å². The molecule has 0 saturated heterocycles. The number of hydrogen-bond acceptors (Lipinski definition) is 7. The molecule has 3 heterocycles. The maximum Gasteiger partial charge on any atom is 0.383 e. The van der Waals surface area contributed by atoms with Gasteiger partial charge >= 0.3 is 11.1 Å². The van der Waals surface area contributed by atoms with E-state index in [0.29, 0.717) is 13.1 Å². The van der Waals surface area contributed by atoms with Gasteiger partial charge in [-0.05, 0) is 59.1 Å². The van der Waals surface area contributed by atoms with Gasteiger partial charge in [-0.15, -0.1) is 11.3 Å². The molecule has 0 spiro atoms. The third-order valence-electron chi connectivity index (χ3n) is 4.88. The Bertz CT molecular complexity index is 1080. The fourth-order valence-electron chi connectivity index (χ4n) is 3.58. The highest BCUT2D eigenvalue weighted by Crippen LogP contribution is 2.32. The Morgan fingerprint density at radius 1 is 1.33 bits per heavy atom. The summed E-state index contributed by atoms with van der Waals surface area (Å²) in [7, 11) is 0. The molecular formula is C19H19ClFN5O3S. The van der Waals surface area contributed by atoms with Gasteiger partial charge in [0.15, 0.2) is 0 Å². The summed E-state index contributed by atoms with van der Waals surface area (Å²) in [5.41, 5.74) is 0.661. The zero-order valence-corrected chi connectivity index (χ0v) is 17.7. The van der Waals surface area contributed by atoms with Crippen molar-refractivity contribution in [2.75, 3.05) is 13.1 Å². The zero-order chi connectivity index (χ0) is 21.5. The lowest BCUT2D eigenvalue weighted by Gasteiger charge is -2.33. The SMILES string of the molecule is C[C@](O)(CN1CCc2sc(-c3ccc(F)cc3)nc2C1)Cn1cc([N+](=O)[O-])nc1Cl. The molecule has 1 aromatic carbocycles. The smallest absolute Gasteiger partial charge is 0.383 e. The van der Waals surface area contributed by atoms with Crippen LogP contribution in [0.2, 0.25) is 5.28 Å². The summed E-state index contributed by atoms with van der Waals surface area (Å²) in [5, 5.41) is 22.6. The number of β-amino-alcohol motifs (C(OH)–C–C–N with tert-alkyl or cyclic N) is 1. The van der Waals surface area contributed by atoms with Gasteiger partial charge in [-0.1, -0.05) is 0 Å². The average molecular weight is 452 g/mol. The van der Waals surface area contributed by atoms with Gasteiger partial charge in [0.2, 0.25) is 0 Å². The van der Waals surface area contributed by atoms with Gasteiger partial charge in [-0.2, -0.15) is 0 Å². The maximum atomic E-state index is 13.2. The van der Waals surface area contributed by atoms with E-state index in [9.17, 15) is 19.6 Å². The Labute approximate surface area is 180 Å². The first-order chi connectivity index (χ1) is 14.2. The molecule has 0 bridgehead atoms. The summed E-state index contributed by atoms with van der Waals surface area (Å²) in [6, 6.07) is 6.28. The van der Waals surface area contributed by atoms with Crippen LogP contribution in [0.4, 0.5) is 10.2 Å². The molecule has 0 saturated carbocycles. The summed E-state index contributed by atoms with van der Waals surface area (Å²) in [5.74, 6) is -0.633. The second kappa shape index (κ2) is 8.03. The zero-order valence-electron chi connectivity index (χ0n) is 16.1. The molecule has 1 aliphatic rings. The summed E-state index contributed by atoms with van der Waals surface area (Å²) < 4.78 is 14.5. The Morgan fingerprint density at radius 2 is 2.07 bits per heavy atom. The van der Waals surface area contributed by atoms with E-state index < -0.39 is 10.5 Å². The van der Waals surface area contributed by atoms with Crippen molar-refractivity contribution in [1.29, 1.82) is 0 Å². The molecule has 1 aliphatic heterocycles. The predicted octanol–water partition coefficient (Wildman–Crippen LogP) is 3.52. The molecular weight excluding hydrogens is 433 g/mol. The van der Waals surface area contributed by atoms with Crippen LogP contribution in [0.5, 0.6) is 0 Å². The van der Waals surface area contributed by atoms with Crippen molar-refractivity contribution in [3.8, 4) is 10.6 Å². The maximum absolute atomic E-state index is 13.2. The summed E-state index contributed by atoms with van der Waals surface area (Å²) >= 11 is 7.57. The first kappa shape index (κ1) is 20.9. The van der Waals surface area contributed by atoms with Crippen LogP contribution in [0.1, 0.15) is 17.5 Å². The Balaban J connectivity index is 1.44. The van der Waals surface area contributed by atoms with Crippen LogP contribution in [0.25, 0.3) is 10.6 Å². The van der Waals surface area contributed by atoms with E-state index in [-0.39, 0.29) is 23.5 Å². The number of rotatable bonds is 6. The minimum absolute atomic E-state index is 0.0358. The first-order valence-electron chi connectivity index (χ1n) is 9.26. The number of fused-ring (bicyclic) bond motifs is 1. The molecule has 1 atom stereocenters. The van der Waals surface area contributed by atoms with E-state index in [1.807, 2.05) is 0 Å². The number of imidazole rings is 1. The molecule has 2 aromatic heterocycles. The monoisotopic (exact) mass is 451 g/mol. The Hall–Kier alpha value is -2.40. The molecule has 4 rings (SSSR count). The number of nitrogens with zero attached hydrogens (tertiary/aromatic N) is 5.